The van der Waals surface area contributed by atoms with Crippen molar-refractivity contribution in [3.05, 3.63) is 29.8 Å². The van der Waals surface area contributed by atoms with Crippen LogP contribution in [0.3, 0.4) is 0 Å². The molecule has 1 amide bonds. The van der Waals surface area contributed by atoms with Crippen molar-refractivity contribution in [3.8, 4) is 0 Å². The second-order valence-electron chi connectivity index (χ2n) is 4.76. The van der Waals surface area contributed by atoms with Gasteiger partial charge in [-0.25, -0.2) is 13.1 Å². The standard InChI is InChI=1S/C14H17NO6S/c1-9-4-6-11(7-5-9)22(19,20)15-13(17)12(8-10(2)16)14(18)21-3/h4-7,12H,8H2,1-3H3,(H,15,17). The van der Waals surface area contributed by atoms with Gasteiger partial charge in [-0.3, -0.25) is 14.4 Å². The van der Waals surface area contributed by atoms with E-state index in [4.69, 9.17) is 0 Å². The molecule has 0 aliphatic heterocycles. The first-order valence-corrected chi connectivity index (χ1v) is 7.86. The average molecular weight is 327 g/mol. The molecule has 0 saturated carbocycles. The van der Waals surface area contributed by atoms with Crippen LogP contribution in [0.15, 0.2) is 29.2 Å². The number of carbonyl (C=O) groups excluding carboxylic acids is 3. The number of ether oxygens (including phenoxy) is 1. The number of rotatable bonds is 6. The Morgan fingerprint density at radius 1 is 1.18 bits per heavy atom. The van der Waals surface area contributed by atoms with Crippen molar-refractivity contribution in [1.29, 1.82) is 0 Å². The number of sulfonamides is 1. The van der Waals surface area contributed by atoms with Gasteiger partial charge in [0.2, 0.25) is 5.91 Å². The van der Waals surface area contributed by atoms with Crippen LogP contribution in [0, 0.1) is 12.8 Å². The topological polar surface area (TPSA) is 107 Å². The van der Waals surface area contributed by atoms with Crippen LogP contribution in [0.4, 0.5) is 0 Å². The smallest absolute Gasteiger partial charge is 0.318 e. The van der Waals surface area contributed by atoms with Crippen LogP contribution < -0.4 is 4.72 Å². The highest BCUT2D eigenvalue weighted by Crippen LogP contribution is 2.13. The third-order valence-corrected chi connectivity index (χ3v) is 4.22. The molecule has 0 fully saturated rings. The van der Waals surface area contributed by atoms with Gasteiger partial charge < -0.3 is 4.74 Å². The first-order valence-electron chi connectivity index (χ1n) is 6.38. The molecule has 8 heteroatoms. The lowest BCUT2D eigenvalue weighted by Crippen LogP contribution is -2.40. The molecule has 1 aromatic carbocycles. The number of Topliss-reactive ketones (excluding diaryl/α,β-unsaturated/α-hetero) is 1. The first-order chi connectivity index (χ1) is 10.2. The third-order valence-electron chi connectivity index (χ3n) is 2.86. The van der Waals surface area contributed by atoms with E-state index >= 15 is 0 Å². The Kier molecular flexibility index (Phi) is 5.81. The molecular formula is C14H17NO6S. The fourth-order valence-electron chi connectivity index (χ4n) is 1.69. The van der Waals surface area contributed by atoms with Gasteiger partial charge in [-0.15, -0.1) is 0 Å². The summed E-state index contributed by atoms with van der Waals surface area (Å²) in [5.41, 5.74) is 0.856. The third kappa shape index (κ3) is 4.66. The molecule has 0 aromatic heterocycles. The fraction of sp³-hybridized carbons (Fsp3) is 0.357. The largest absolute Gasteiger partial charge is 0.468 e. The highest BCUT2D eigenvalue weighted by molar-refractivity contribution is 7.90. The zero-order valence-electron chi connectivity index (χ0n) is 12.5. The molecule has 0 saturated heterocycles. The highest BCUT2D eigenvalue weighted by atomic mass is 32.2. The van der Waals surface area contributed by atoms with Gasteiger partial charge in [-0.2, -0.15) is 0 Å². The van der Waals surface area contributed by atoms with Crippen LogP contribution in [0.1, 0.15) is 18.9 Å². The maximum absolute atomic E-state index is 12.1. The Morgan fingerprint density at radius 3 is 2.18 bits per heavy atom. The number of amides is 1. The van der Waals surface area contributed by atoms with Gasteiger partial charge >= 0.3 is 5.97 Å². The van der Waals surface area contributed by atoms with Crippen molar-refractivity contribution in [2.45, 2.75) is 25.2 Å². The highest BCUT2D eigenvalue weighted by Gasteiger charge is 2.32. The zero-order chi connectivity index (χ0) is 16.9. The predicted octanol–water partition coefficient (Wildman–Crippen LogP) is 0.568. The van der Waals surface area contributed by atoms with Gasteiger partial charge in [0.15, 0.2) is 0 Å². The van der Waals surface area contributed by atoms with E-state index < -0.39 is 40.0 Å². The van der Waals surface area contributed by atoms with E-state index in [0.29, 0.717) is 0 Å². The number of hydrogen-bond donors (Lipinski definition) is 1. The Bertz CT molecular complexity index is 678. The van der Waals surface area contributed by atoms with E-state index in [1.165, 1.54) is 19.1 Å². The van der Waals surface area contributed by atoms with E-state index in [1.807, 2.05) is 0 Å². The van der Waals surface area contributed by atoms with Crippen molar-refractivity contribution in [3.63, 3.8) is 0 Å². The van der Waals surface area contributed by atoms with E-state index in [2.05, 4.69) is 4.74 Å². The minimum Gasteiger partial charge on any atom is -0.468 e. The molecule has 120 valence electrons. The molecule has 7 nitrogen and oxygen atoms in total. The lowest BCUT2D eigenvalue weighted by molar-refractivity contribution is -0.151. The summed E-state index contributed by atoms with van der Waals surface area (Å²) in [5, 5.41) is 0. The van der Waals surface area contributed by atoms with Crippen molar-refractivity contribution >= 4 is 27.7 Å². The Hall–Kier alpha value is -2.22. The molecule has 0 radical (unpaired) electrons. The summed E-state index contributed by atoms with van der Waals surface area (Å²) in [5.74, 6) is -3.99. The molecule has 0 bridgehead atoms. The SMILES string of the molecule is COC(=O)C(CC(C)=O)C(=O)NS(=O)(=O)c1ccc(C)cc1. The molecule has 1 unspecified atom stereocenters. The van der Waals surface area contributed by atoms with Crippen molar-refractivity contribution in [2.75, 3.05) is 7.11 Å². The average Bonchev–Trinajstić information content (AvgIpc) is 2.43. The van der Waals surface area contributed by atoms with Crippen molar-refractivity contribution in [2.24, 2.45) is 5.92 Å². The van der Waals surface area contributed by atoms with E-state index in [1.54, 1.807) is 23.8 Å². The number of carbonyl (C=O) groups is 3. The lowest BCUT2D eigenvalue weighted by Gasteiger charge is -2.13. The van der Waals surface area contributed by atoms with Crippen molar-refractivity contribution < 1.29 is 27.5 Å². The lowest BCUT2D eigenvalue weighted by atomic mass is 10.0. The van der Waals surface area contributed by atoms with Crippen LogP contribution in [0.25, 0.3) is 0 Å². The van der Waals surface area contributed by atoms with Gasteiger partial charge in [0.1, 0.15) is 11.7 Å². The summed E-state index contributed by atoms with van der Waals surface area (Å²) in [6, 6.07) is 5.82. The molecule has 0 aliphatic rings. The van der Waals surface area contributed by atoms with Gasteiger partial charge in [0, 0.05) is 6.42 Å². The number of esters is 1. The summed E-state index contributed by atoms with van der Waals surface area (Å²) in [7, 11) is -3.06. The minimum atomic E-state index is -4.12. The minimum absolute atomic E-state index is 0.113. The number of nitrogens with one attached hydrogen (secondary N) is 1. The first kappa shape index (κ1) is 17.8. The van der Waals surface area contributed by atoms with E-state index in [0.717, 1.165) is 12.7 Å². The summed E-state index contributed by atoms with van der Waals surface area (Å²) in [4.78, 5) is 34.5. The molecular weight excluding hydrogens is 310 g/mol. The summed E-state index contributed by atoms with van der Waals surface area (Å²) < 4.78 is 30.4. The van der Waals surface area contributed by atoms with Gasteiger partial charge in [-0.1, -0.05) is 17.7 Å². The summed E-state index contributed by atoms with van der Waals surface area (Å²) in [6.45, 7) is 2.98. The molecule has 0 aliphatic carbocycles. The van der Waals surface area contributed by atoms with Crippen LogP contribution in [0.2, 0.25) is 0 Å². The Balaban J connectivity index is 2.99. The zero-order valence-corrected chi connectivity index (χ0v) is 13.3. The monoisotopic (exact) mass is 327 g/mol. The normalized spacial score (nSPS) is 12.3. The number of aryl methyl sites for hydroxylation is 1. The Labute approximate surface area is 128 Å². The maximum atomic E-state index is 12.1. The molecule has 0 heterocycles. The van der Waals surface area contributed by atoms with Crippen LogP contribution in [-0.2, 0) is 29.1 Å². The molecule has 1 aromatic rings. The molecule has 1 rings (SSSR count). The second kappa shape index (κ2) is 7.17. The van der Waals surface area contributed by atoms with E-state index in [9.17, 15) is 22.8 Å². The van der Waals surface area contributed by atoms with E-state index in [-0.39, 0.29) is 4.90 Å². The molecule has 1 atom stereocenters. The number of ketones is 1. The molecule has 1 N–H and O–H groups in total. The molecule has 22 heavy (non-hydrogen) atoms. The summed E-state index contributed by atoms with van der Waals surface area (Å²) >= 11 is 0. The number of benzene rings is 1. The van der Waals surface area contributed by atoms with Crippen LogP contribution in [-0.4, -0.2) is 33.2 Å². The van der Waals surface area contributed by atoms with Gasteiger partial charge in [-0.05, 0) is 26.0 Å². The van der Waals surface area contributed by atoms with Crippen LogP contribution in [0.5, 0.6) is 0 Å². The number of methoxy groups -OCH3 is 1. The fourth-order valence-corrected chi connectivity index (χ4v) is 2.71. The van der Waals surface area contributed by atoms with Crippen molar-refractivity contribution in [1.82, 2.24) is 4.72 Å². The van der Waals surface area contributed by atoms with Gasteiger partial charge in [0.25, 0.3) is 10.0 Å². The van der Waals surface area contributed by atoms with Gasteiger partial charge in [0.05, 0.1) is 12.0 Å². The Morgan fingerprint density at radius 2 is 1.73 bits per heavy atom. The summed E-state index contributed by atoms with van der Waals surface area (Å²) in [6.07, 6.45) is -0.429. The maximum Gasteiger partial charge on any atom is 0.318 e. The predicted molar refractivity (Wildman–Crippen MR) is 77.3 cm³/mol. The molecule has 0 spiro atoms. The quantitative estimate of drug-likeness (QED) is 0.604. The van der Waals surface area contributed by atoms with Crippen LogP contribution >= 0.6 is 0 Å². The second-order valence-corrected chi connectivity index (χ2v) is 6.45. The number of hydrogen-bond acceptors (Lipinski definition) is 6.